The number of oxime groups is 1. The number of rotatable bonds is 7. The molecule has 0 aliphatic carbocycles. The largest absolute Gasteiger partial charge is 0.435 e. The maximum atomic E-state index is 12.1. The van der Waals surface area contributed by atoms with Gasteiger partial charge >= 0.3 is 6.61 Å². The van der Waals surface area contributed by atoms with Crippen LogP contribution in [0, 0.1) is 0 Å². The lowest BCUT2D eigenvalue weighted by molar-refractivity contribution is -0.0498. The first-order chi connectivity index (χ1) is 12.6. The van der Waals surface area contributed by atoms with Gasteiger partial charge in [-0.15, -0.1) is 10.2 Å². The Balaban J connectivity index is 1.52. The standard InChI is InChI=1S/C17H12BrF2N3O3/c18-13-5-3-12(4-6-13)16-23-22-15(26-16)10-24-21-9-11-1-7-14(8-2-11)25-17(19)20/h1-9,17H,10H2. The smallest absolute Gasteiger partial charge is 0.387 e. The molecule has 0 unspecified atom stereocenters. The summed E-state index contributed by atoms with van der Waals surface area (Å²) >= 11 is 3.36. The van der Waals surface area contributed by atoms with Crippen molar-refractivity contribution in [1.82, 2.24) is 10.2 Å². The summed E-state index contributed by atoms with van der Waals surface area (Å²) < 4.78 is 34.8. The van der Waals surface area contributed by atoms with Gasteiger partial charge in [-0.25, -0.2) is 0 Å². The summed E-state index contributed by atoms with van der Waals surface area (Å²) in [5.74, 6) is 0.736. The van der Waals surface area contributed by atoms with Crippen molar-refractivity contribution in [2.45, 2.75) is 13.2 Å². The van der Waals surface area contributed by atoms with Crippen molar-refractivity contribution in [3.05, 3.63) is 64.5 Å². The molecule has 6 nitrogen and oxygen atoms in total. The lowest BCUT2D eigenvalue weighted by atomic mass is 10.2. The molecule has 0 atom stereocenters. The van der Waals surface area contributed by atoms with E-state index in [-0.39, 0.29) is 18.2 Å². The van der Waals surface area contributed by atoms with Crippen LogP contribution in [0.5, 0.6) is 5.75 Å². The number of halogens is 3. The predicted molar refractivity (Wildman–Crippen MR) is 92.9 cm³/mol. The molecule has 0 bridgehead atoms. The van der Waals surface area contributed by atoms with Crippen molar-refractivity contribution in [2.24, 2.45) is 5.16 Å². The van der Waals surface area contributed by atoms with Crippen LogP contribution in [0.2, 0.25) is 0 Å². The van der Waals surface area contributed by atoms with E-state index in [4.69, 9.17) is 9.25 Å². The minimum atomic E-state index is -2.85. The highest BCUT2D eigenvalue weighted by atomic mass is 79.9. The molecule has 134 valence electrons. The predicted octanol–water partition coefficient (Wildman–Crippen LogP) is 4.65. The number of benzene rings is 2. The number of aromatic nitrogens is 2. The Morgan fingerprint density at radius 1 is 1.08 bits per heavy atom. The van der Waals surface area contributed by atoms with E-state index in [1.807, 2.05) is 24.3 Å². The van der Waals surface area contributed by atoms with E-state index in [0.29, 0.717) is 11.5 Å². The fourth-order valence-corrected chi connectivity index (χ4v) is 2.21. The third-order valence-electron chi connectivity index (χ3n) is 3.13. The van der Waals surface area contributed by atoms with Crippen LogP contribution < -0.4 is 4.74 Å². The average Bonchev–Trinajstić information content (AvgIpc) is 3.09. The highest BCUT2D eigenvalue weighted by Crippen LogP contribution is 2.20. The Labute approximate surface area is 155 Å². The first kappa shape index (κ1) is 18.0. The van der Waals surface area contributed by atoms with E-state index in [1.54, 1.807) is 12.1 Å². The van der Waals surface area contributed by atoms with Gasteiger partial charge in [0.25, 0.3) is 5.89 Å². The quantitative estimate of drug-likeness (QED) is 0.408. The van der Waals surface area contributed by atoms with Crippen molar-refractivity contribution in [3.8, 4) is 17.2 Å². The summed E-state index contributed by atoms with van der Waals surface area (Å²) in [5, 5.41) is 11.6. The first-order valence-electron chi connectivity index (χ1n) is 7.39. The van der Waals surface area contributed by atoms with E-state index in [1.165, 1.54) is 18.3 Å². The topological polar surface area (TPSA) is 69.7 Å². The van der Waals surface area contributed by atoms with Gasteiger partial charge in [0, 0.05) is 10.0 Å². The molecule has 1 aromatic heterocycles. The van der Waals surface area contributed by atoms with Crippen LogP contribution in [0.4, 0.5) is 8.78 Å². The minimum Gasteiger partial charge on any atom is -0.435 e. The van der Waals surface area contributed by atoms with Gasteiger partial charge in [0.15, 0.2) is 6.61 Å². The summed E-state index contributed by atoms with van der Waals surface area (Å²) in [4.78, 5) is 5.10. The van der Waals surface area contributed by atoms with E-state index in [2.05, 4.69) is 36.0 Å². The molecule has 9 heteroatoms. The lowest BCUT2D eigenvalue weighted by Gasteiger charge is -2.03. The van der Waals surface area contributed by atoms with E-state index >= 15 is 0 Å². The van der Waals surface area contributed by atoms with Crippen molar-refractivity contribution in [2.75, 3.05) is 0 Å². The molecule has 0 radical (unpaired) electrons. The number of hydrogen-bond acceptors (Lipinski definition) is 6. The van der Waals surface area contributed by atoms with Crippen LogP contribution in [0.25, 0.3) is 11.5 Å². The van der Waals surface area contributed by atoms with Gasteiger partial charge in [-0.1, -0.05) is 21.1 Å². The van der Waals surface area contributed by atoms with Gasteiger partial charge in [0.05, 0.1) is 6.21 Å². The summed E-state index contributed by atoms with van der Waals surface area (Å²) in [7, 11) is 0. The monoisotopic (exact) mass is 423 g/mol. The minimum absolute atomic E-state index is 0.00655. The zero-order valence-electron chi connectivity index (χ0n) is 13.2. The lowest BCUT2D eigenvalue weighted by Crippen LogP contribution is -2.01. The summed E-state index contributed by atoms with van der Waals surface area (Å²) in [6.45, 7) is -2.85. The van der Waals surface area contributed by atoms with Gasteiger partial charge in [-0.3, -0.25) is 0 Å². The molecule has 0 saturated carbocycles. The second-order valence-corrected chi connectivity index (χ2v) is 5.88. The van der Waals surface area contributed by atoms with Gasteiger partial charge in [-0.05, 0) is 54.1 Å². The summed E-state index contributed by atoms with van der Waals surface area (Å²) in [6, 6.07) is 13.4. The molecule has 0 fully saturated rings. The van der Waals surface area contributed by atoms with Crippen LogP contribution in [0.1, 0.15) is 11.5 Å². The zero-order valence-corrected chi connectivity index (χ0v) is 14.8. The van der Waals surface area contributed by atoms with E-state index < -0.39 is 6.61 Å². The van der Waals surface area contributed by atoms with Crippen molar-refractivity contribution < 1.29 is 22.8 Å². The Bertz CT molecular complexity index is 868. The molecule has 2 aromatic carbocycles. The van der Waals surface area contributed by atoms with Crippen LogP contribution in [0.3, 0.4) is 0 Å². The summed E-state index contributed by atoms with van der Waals surface area (Å²) in [5.41, 5.74) is 1.45. The van der Waals surface area contributed by atoms with Crippen LogP contribution in [-0.2, 0) is 11.4 Å². The number of alkyl halides is 2. The molecule has 0 aliphatic heterocycles. The normalized spacial score (nSPS) is 11.2. The van der Waals surface area contributed by atoms with Gasteiger partial charge in [-0.2, -0.15) is 8.78 Å². The number of ether oxygens (including phenoxy) is 1. The summed E-state index contributed by atoms with van der Waals surface area (Å²) in [6.07, 6.45) is 1.43. The maximum Gasteiger partial charge on any atom is 0.387 e. The van der Waals surface area contributed by atoms with Crippen LogP contribution in [0.15, 0.2) is 62.6 Å². The highest BCUT2D eigenvalue weighted by Gasteiger charge is 2.08. The molecule has 0 aliphatic rings. The van der Waals surface area contributed by atoms with Crippen LogP contribution >= 0.6 is 15.9 Å². The molecular weight excluding hydrogens is 412 g/mol. The fourth-order valence-electron chi connectivity index (χ4n) is 1.95. The maximum absolute atomic E-state index is 12.1. The molecule has 1 heterocycles. The molecule has 0 N–H and O–H groups in total. The third kappa shape index (κ3) is 5.09. The molecular formula is C17H12BrF2N3O3. The van der Waals surface area contributed by atoms with Crippen molar-refractivity contribution >= 4 is 22.1 Å². The van der Waals surface area contributed by atoms with Gasteiger partial charge < -0.3 is 14.0 Å². The SMILES string of the molecule is FC(F)Oc1ccc(C=NOCc2nnc(-c3ccc(Br)cc3)o2)cc1. The molecule has 3 aromatic rings. The molecule has 26 heavy (non-hydrogen) atoms. The molecule has 3 rings (SSSR count). The second kappa shape index (κ2) is 8.52. The first-order valence-corrected chi connectivity index (χ1v) is 8.18. The molecule has 0 amide bonds. The second-order valence-electron chi connectivity index (χ2n) is 4.96. The van der Waals surface area contributed by atoms with Crippen molar-refractivity contribution in [1.29, 1.82) is 0 Å². The van der Waals surface area contributed by atoms with Crippen LogP contribution in [-0.4, -0.2) is 23.0 Å². The Morgan fingerprint density at radius 2 is 1.81 bits per heavy atom. The number of nitrogens with zero attached hydrogens (tertiary/aromatic N) is 3. The van der Waals surface area contributed by atoms with E-state index in [9.17, 15) is 8.78 Å². The van der Waals surface area contributed by atoms with Crippen molar-refractivity contribution in [3.63, 3.8) is 0 Å². The third-order valence-corrected chi connectivity index (χ3v) is 3.66. The fraction of sp³-hybridized carbons (Fsp3) is 0.118. The molecule has 0 spiro atoms. The van der Waals surface area contributed by atoms with Gasteiger partial charge in [0.2, 0.25) is 5.89 Å². The Morgan fingerprint density at radius 3 is 2.50 bits per heavy atom. The average molecular weight is 424 g/mol. The van der Waals surface area contributed by atoms with Gasteiger partial charge in [0.1, 0.15) is 5.75 Å². The Kier molecular flexibility index (Phi) is 5.90. The van der Waals surface area contributed by atoms with E-state index in [0.717, 1.165) is 10.0 Å². The zero-order chi connectivity index (χ0) is 18.4. The number of hydrogen-bond donors (Lipinski definition) is 0. The Hall–Kier alpha value is -2.81. The highest BCUT2D eigenvalue weighted by molar-refractivity contribution is 9.10. The molecule has 0 saturated heterocycles.